The van der Waals surface area contributed by atoms with E-state index in [1.54, 1.807) is 0 Å². The van der Waals surface area contributed by atoms with Crippen LogP contribution in [0.25, 0.3) is 10.8 Å². The van der Waals surface area contributed by atoms with Crippen LogP contribution in [0.3, 0.4) is 0 Å². The van der Waals surface area contributed by atoms with E-state index in [0.29, 0.717) is 6.61 Å². The topological polar surface area (TPSA) is 60.2 Å². The molecular weight excluding hydrogens is 316 g/mol. The van der Waals surface area contributed by atoms with Crippen molar-refractivity contribution in [1.29, 1.82) is 0 Å². The average Bonchev–Trinajstić information content (AvgIpc) is 3.39. The maximum atomic E-state index is 11.7. The molecule has 1 aliphatic heterocycles. The Morgan fingerprint density at radius 3 is 2.52 bits per heavy atom. The lowest BCUT2D eigenvalue weighted by Gasteiger charge is -2.12. The molecule has 0 aromatic heterocycles. The number of benzene rings is 2. The summed E-state index contributed by atoms with van der Waals surface area (Å²) in [6, 6.07) is 12.0. The van der Waals surface area contributed by atoms with Crippen molar-refractivity contribution in [3.63, 3.8) is 0 Å². The van der Waals surface area contributed by atoms with Crippen molar-refractivity contribution >= 4 is 16.7 Å². The molecule has 3 rings (SSSR count). The van der Waals surface area contributed by atoms with E-state index in [4.69, 9.17) is 9.47 Å². The molecule has 0 N–H and O–H groups in total. The summed E-state index contributed by atoms with van der Waals surface area (Å²) in [5.74, 6) is 0.343. The van der Waals surface area contributed by atoms with E-state index in [2.05, 4.69) is 17.2 Å². The van der Waals surface area contributed by atoms with Crippen LogP contribution in [0.2, 0.25) is 0 Å². The zero-order valence-electron chi connectivity index (χ0n) is 15.0. The second-order valence-electron chi connectivity index (χ2n) is 6.54. The van der Waals surface area contributed by atoms with Crippen LogP contribution < -0.4 is 4.74 Å². The first-order chi connectivity index (χ1) is 12.1. The fourth-order valence-corrected chi connectivity index (χ4v) is 3.04. The molecule has 132 valence electrons. The van der Waals surface area contributed by atoms with Crippen LogP contribution in [0.5, 0.6) is 5.75 Å². The lowest BCUT2D eigenvalue weighted by atomic mass is 9.98. The van der Waals surface area contributed by atoms with Crippen LogP contribution in [-0.2, 0) is 9.53 Å². The summed E-state index contributed by atoms with van der Waals surface area (Å²) in [6.45, 7) is 4.60. The summed E-state index contributed by atoms with van der Waals surface area (Å²) < 4.78 is 10.7. The molecular formula is C20H24N2O3. The largest absolute Gasteiger partial charge is 0.493 e. The number of carbonyl (C=O) groups is 1. The Labute approximate surface area is 148 Å². The molecule has 0 unspecified atom stereocenters. The fourth-order valence-electron chi connectivity index (χ4n) is 3.04. The molecule has 0 aliphatic carbocycles. The number of hydrogen-bond acceptors (Lipinski definition) is 5. The van der Waals surface area contributed by atoms with Gasteiger partial charge in [0, 0.05) is 6.42 Å². The van der Waals surface area contributed by atoms with E-state index in [1.807, 2.05) is 43.3 Å². The number of methoxy groups -OCH3 is 1. The van der Waals surface area contributed by atoms with Crippen LogP contribution in [0, 0.1) is 0 Å². The number of fused-ring (bicyclic) bond motifs is 1. The maximum Gasteiger partial charge on any atom is 0.312 e. The number of rotatable bonds is 8. The van der Waals surface area contributed by atoms with Crippen LogP contribution in [0.15, 0.2) is 46.6 Å². The zero-order valence-corrected chi connectivity index (χ0v) is 15.0. The summed E-state index contributed by atoms with van der Waals surface area (Å²) >= 11 is 0. The van der Waals surface area contributed by atoms with Gasteiger partial charge in [-0.15, -0.1) is 0 Å². The predicted octanol–water partition coefficient (Wildman–Crippen LogP) is 4.85. The standard InChI is InChI=1S/C20H24N2O3/c1-4-9-20(21-22-20)10-11-25-18-8-7-16-12-15(5-6-17(16)13-18)14(2)19(23)24-3/h5-8,12-14H,4,9-11H2,1-3H3/t14-/m0/s1. The summed E-state index contributed by atoms with van der Waals surface area (Å²) in [5, 5.41) is 10.5. The quantitative estimate of drug-likeness (QED) is 0.646. The Hall–Kier alpha value is -2.43. The van der Waals surface area contributed by atoms with E-state index in [1.165, 1.54) is 7.11 Å². The van der Waals surface area contributed by atoms with Crippen LogP contribution >= 0.6 is 0 Å². The molecule has 2 aromatic carbocycles. The van der Waals surface area contributed by atoms with Crippen LogP contribution in [0.4, 0.5) is 0 Å². The first kappa shape index (κ1) is 17.4. The Balaban J connectivity index is 1.65. The Bertz CT molecular complexity index is 795. The predicted molar refractivity (Wildman–Crippen MR) is 97.0 cm³/mol. The number of esters is 1. The van der Waals surface area contributed by atoms with Gasteiger partial charge in [0.2, 0.25) is 0 Å². The zero-order chi connectivity index (χ0) is 17.9. The second-order valence-corrected chi connectivity index (χ2v) is 6.54. The highest BCUT2D eigenvalue weighted by atomic mass is 16.5. The first-order valence-electron chi connectivity index (χ1n) is 8.75. The number of nitrogens with zero attached hydrogens (tertiary/aromatic N) is 2. The third kappa shape index (κ3) is 3.98. The molecule has 0 radical (unpaired) electrons. The van der Waals surface area contributed by atoms with Gasteiger partial charge in [-0.2, -0.15) is 10.2 Å². The molecule has 0 saturated carbocycles. The third-order valence-electron chi connectivity index (χ3n) is 4.69. The average molecular weight is 340 g/mol. The molecule has 2 aromatic rings. The molecule has 0 bridgehead atoms. The Kier molecular flexibility index (Phi) is 5.02. The monoisotopic (exact) mass is 340 g/mol. The van der Waals surface area contributed by atoms with Crippen molar-refractivity contribution in [2.24, 2.45) is 10.2 Å². The summed E-state index contributed by atoms with van der Waals surface area (Å²) in [6.07, 6.45) is 2.90. The second kappa shape index (κ2) is 7.21. The first-order valence-corrected chi connectivity index (χ1v) is 8.75. The molecule has 0 amide bonds. The summed E-state index contributed by atoms with van der Waals surface area (Å²) in [7, 11) is 1.41. The van der Waals surface area contributed by atoms with Gasteiger partial charge in [-0.25, -0.2) is 0 Å². The van der Waals surface area contributed by atoms with E-state index in [0.717, 1.165) is 41.3 Å². The highest BCUT2D eigenvalue weighted by Crippen LogP contribution is 2.36. The third-order valence-corrected chi connectivity index (χ3v) is 4.69. The van der Waals surface area contributed by atoms with Crippen LogP contribution in [0.1, 0.15) is 44.6 Å². The molecule has 1 aliphatic rings. The van der Waals surface area contributed by atoms with Gasteiger partial charge in [-0.05, 0) is 41.8 Å². The van der Waals surface area contributed by atoms with Crippen molar-refractivity contribution in [2.45, 2.75) is 44.7 Å². The van der Waals surface area contributed by atoms with Gasteiger partial charge in [0.1, 0.15) is 5.75 Å². The van der Waals surface area contributed by atoms with E-state index in [9.17, 15) is 4.79 Å². The van der Waals surface area contributed by atoms with Gasteiger partial charge >= 0.3 is 5.97 Å². The van der Waals surface area contributed by atoms with Gasteiger partial charge in [0.05, 0.1) is 19.6 Å². The van der Waals surface area contributed by atoms with Gasteiger partial charge in [-0.1, -0.05) is 37.6 Å². The smallest absolute Gasteiger partial charge is 0.312 e. The molecule has 0 spiro atoms. The molecule has 25 heavy (non-hydrogen) atoms. The van der Waals surface area contributed by atoms with E-state index >= 15 is 0 Å². The van der Waals surface area contributed by atoms with Crippen molar-refractivity contribution in [1.82, 2.24) is 0 Å². The fraction of sp³-hybridized carbons (Fsp3) is 0.450. The van der Waals surface area contributed by atoms with Crippen molar-refractivity contribution in [3.05, 3.63) is 42.0 Å². The lowest BCUT2D eigenvalue weighted by molar-refractivity contribution is -0.141. The Morgan fingerprint density at radius 2 is 1.84 bits per heavy atom. The summed E-state index contributed by atoms with van der Waals surface area (Å²) in [5.41, 5.74) is 0.774. The number of carbonyl (C=O) groups excluding carboxylic acids is 1. The van der Waals surface area contributed by atoms with Gasteiger partial charge in [-0.3, -0.25) is 4.79 Å². The van der Waals surface area contributed by atoms with Crippen molar-refractivity contribution in [2.75, 3.05) is 13.7 Å². The minimum atomic E-state index is -0.272. The molecule has 0 saturated heterocycles. The van der Waals surface area contributed by atoms with Gasteiger partial charge < -0.3 is 9.47 Å². The van der Waals surface area contributed by atoms with Crippen LogP contribution in [-0.4, -0.2) is 25.3 Å². The number of ether oxygens (including phenoxy) is 2. The van der Waals surface area contributed by atoms with Crippen molar-refractivity contribution in [3.8, 4) is 5.75 Å². The van der Waals surface area contributed by atoms with E-state index in [-0.39, 0.29) is 17.6 Å². The highest BCUT2D eigenvalue weighted by Gasteiger charge is 2.38. The minimum Gasteiger partial charge on any atom is -0.493 e. The van der Waals surface area contributed by atoms with E-state index < -0.39 is 0 Å². The SMILES string of the molecule is CCCC1(CCOc2ccc3cc([C@H](C)C(=O)OC)ccc3c2)N=N1. The lowest BCUT2D eigenvalue weighted by Crippen LogP contribution is -2.15. The maximum absolute atomic E-state index is 11.7. The number of hydrogen-bond donors (Lipinski definition) is 0. The normalized spacial score (nSPS) is 15.8. The van der Waals surface area contributed by atoms with Gasteiger partial charge in [0.15, 0.2) is 5.66 Å². The molecule has 1 atom stereocenters. The molecule has 0 fully saturated rings. The van der Waals surface area contributed by atoms with Crippen molar-refractivity contribution < 1.29 is 14.3 Å². The molecule has 5 heteroatoms. The molecule has 5 nitrogen and oxygen atoms in total. The highest BCUT2D eigenvalue weighted by molar-refractivity contribution is 5.86. The summed E-state index contributed by atoms with van der Waals surface area (Å²) in [4.78, 5) is 11.7. The molecule has 1 heterocycles. The Morgan fingerprint density at radius 1 is 1.12 bits per heavy atom. The minimum absolute atomic E-state index is 0.176. The van der Waals surface area contributed by atoms with Gasteiger partial charge in [0.25, 0.3) is 0 Å².